The van der Waals surface area contributed by atoms with Crippen LogP contribution in [0, 0.1) is 5.82 Å². The first-order chi connectivity index (χ1) is 16.2. The van der Waals surface area contributed by atoms with E-state index in [-0.39, 0.29) is 23.8 Å². The largest absolute Gasteiger partial charge is 0.495 e. The maximum atomic E-state index is 13.3. The Bertz CT molecular complexity index is 1210. The molecule has 192 valence electrons. The normalized spacial score (nSPS) is 11.4. The fraction of sp³-hybridized carbons (Fsp3) is 0.391. The van der Waals surface area contributed by atoms with Gasteiger partial charge in [-0.2, -0.15) is 0 Å². The molecule has 0 bridgehead atoms. The van der Waals surface area contributed by atoms with Crippen molar-refractivity contribution in [3.63, 3.8) is 0 Å². The summed E-state index contributed by atoms with van der Waals surface area (Å²) in [6, 6.07) is 7.91. The molecule has 3 aromatic rings. The highest BCUT2D eigenvalue weighted by atomic mass is 35.5. The number of rotatable bonds is 11. The first-order valence-electron chi connectivity index (χ1n) is 10.8. The minimum Gasteiger partial charge on any atom is -0.495 e. The molecule has 1 aromatic heterocycles. The van der Waals surface area contributed by atoms with Gasteiger partial charge in [-0.1, -0.05) is 25.2 Å². The molecule has 12 heteroatoms. The standard InChI is InChI=1S/C23H28FN3O5S2.ClH/c1-5-26(6-2)13-14-27(20(28)15-34(29,30)17-9-7-16(24)8-10-17)23-25-21-18(31-3)11-12-19(32-4)22(21)33-23;/h7-12H,5-6,13-15H2,1-4H3;1H. The van der Waals surface area contributed by atoms with E-state index in [2.05, 4.69) is 9.88 Å². The molecule has 0 saturated heterocycles. The van der Waals surface area contributed by atoms with Crippen molar-refractivity contribution in [2.24, 2.45) is 0 Å². The Kier molecular flexibility index (Phi) is 10.3. The van der Waals surface area contributed by atoms with Crippen LogP contribution >= 0.6 is 23.7 Å². The van der Waals surface area contributed by atoms with E-state index in [9.17, 15) is 17.6 Å². The first-order valence-corrected chi connectivity index (χ1v) is 13.2. The number of benzene rings is 2. The van der Waals surface area contributed by atoms with Gasteiger partial charge in [0.15, 0.2) is 15.0 Å². The van der Waals surface area contributed by atoms with Crippen LogP contribution in [0.4, 0.5) is 9.52 Å². The van der Waals surface area contributed by atoms with Gasteiger partial charge in [0.05, 0.1) is 19.1 Å². The SMILES string of the molecule is CCN(CC)CCN(C(=O)CS(=O)(=O)c1ccc(F)cc1)c1nc2c(OC)ccc(OC)c2s1.Cl. The molecular formula is C23H29ClFN3O5S2. The number of nitrogens with zero attached hydrogens (tertiary/aromatic N) is 3. The van der Waals surface area contributed by atoms with Gasteiger partial charge in [-0.15, -0.1) is 12.4 Å². The quantitative estimate of drug-likeness (QED) is 0.336. The summed E-state index contributed by atoms with van der Waals surface area (Å²) >= 11 is 1.23. The number of thiazole rings is 1. The zero-order valence-corrected chi connectivity index (χ0v) is 22.4. The monoisotopic (exact) mass is 545 g/mol. The first kappa shape index (κ1) is 28.8. The van der Waals surface area contributed by atoms with Crippen molar-refractivity contribution < 1.29 is 27.1 Å². The number of aromatic nitrogens is 1. The third-order valence-electron chi connectivity index (χ3n) is 5.45. The molecule has 0 aliphatic rings. The number of hydrogen-bond acceptors (Lipinski definition) is 8. The third kappa shape index (κ3) is 6.60. The van der Waals surface area contributed by atoms with E-state index < -0.39 is 27.3 Å². The molecule has 0 spiro atoms. The maximum absolute atomic E-state index is 13.3. The van der Waals surface area contributed by atoms with Crippen molar-refractivity contribution in [3.8, 4) is 11.5 Å². The third-order valence-corrected chi connectivity index (χ3v) is 8.16. The molecule has 1 heterocycles. The number of amides is 1. The van der Waals surface area contributed by atoms with Crippen molar-refractivity contribution in [2.75, 3.05) is 51.1 Å². The summed E-state index contributed by atoms with van der Waals surface area (Å²) < 4.78 is 50.5. The Labute approximate surface area is 215 Å². The van der Waals surface area contributed by atoms with Gasteiger partial charge in [-0.05, 0) is 49.5 Å². The van der Waals surface area contributed by atoms with Crippen molar-refractivity contribution in [1.29, 1.82) is 0 Å². The topological polar surface area (TPSA) is 89.0 Å². The van der Waals surface area contributed by atoms with Crippen LogP contribution in [-0.2, 0) is 14.6 Å². The van der Waals surface area contributed by atoms with Gasteiger partial charge in [0.25, 0.3) is 0 Å². The smallest absolute Gasteiger partial charge is 0.244 e. The molecule has 0 unspecified atom stereocenters. The number of carbonyl (C=O) groups excluding carboxylic acids is 1. The Balaban J connectivity index is 0.00000432. The van der Waals surface area contributed by atoms with Crippen LogP contribution in [0.15, 0.2) is 41.3 Å². The van der Waals surface area contributed by atoms with Crippen LogP contribution in [0.25, 0.3) is 10.2 Å². The van der Waals surface area contributed by atoms with Crippen LogP contribution in [0.3, 0.4) is 0 Å². The van der Waals surface area contributed by atoms with Crippen molar-refractivity contribution in [3.05, 3.63) is 42.2 Å². The molecule has 35 heavy (non-hydrogen) atoms. The predicted molar refractivity (Wildman–Crippen MR) is 139 cm³/mol. The zero-order chi connectivity index (χ0) is 24.9. The number of likely N-dealkylation sites (N-methyl/N-ethyl adjacent to an activating group) is 1. The average Bonchev–Trinajstić information content (AvgIpc) is 3.26. The van der Waals surface area contributed by atoms with Crippen LogP contribution in [0.1, 0.15) is 13.8 Å². The molecule has 0 radical (unpaired) electrons. The molecule has 0 atom stereocenters. The van der Waals surface area contributed by atoms with E-state index in [1.165, 1.54) is 23.3 Å². The van der Waals surface area contributed by atoms with Crippen LogP contribution in [-0.4, -0.2) is 70.4 Å². The Morgan fingerprint density at radius 3 is 2.17 bits per heavy atom. The summed E-state index contributed by atoms with van der Waals surface area (Å²) in [6.07, 6.45) is 0. The van der Waals surface area contributed by atoms with Gasteiger partial charge in [0.2, 0.25) is 5.91 Å². The Morgan fingerprint density at radius 1 is 1.00 bits per heavy atom. The van der Waals surface area contributed by atoms with Gasteiger partial charge >= 0.3 is 0 Å². The number of halogens is 2. The number of hydrogen-bond donors (Lipinski definition) is 0. The highest BCUT2D eigenvalue weighted by Crippen LogP contribution is 2.40. The maximum Gasteiger partial charge on any atom is 0.244 e. The molecule has 3 rings (SSSR count). The van der Waals surface area contributed by atoms with Crippen molar-refractivity contribution in [2.45, 2.75) is 18.7 Å². The number of anilines is 1. The summed E-state index contributed by atoms with van der Waals surface area (Å²) in [5.74, 6) is -0.832. The molecule has 8 nitrogen and oxygen atoms in total. The number of ether oxygens (including phenoxy) is 2. The predicted octanol–water partition coefficient (Wildman–Crippen LogP) is 4.02. The Morgan fingerprint density at radius 2 is 1.60 bits per heavy atom. The Hall–Kier alpha value is -2.47. The van der Waals surface area contributed by atoms with Gasteiger partial charge in [-0.3, -0.25) is 9.69 Å². The summed E-state index contributed by atoms with van der Waals surface area (Å²) in [4.78, 5) is 21.4. The summed E-state index contributed by atoms with van der Waals surface area (Å²) in [7, 11) is -0.911. The van der Waals surface area contributed by atoms with Crippen molar-refractivity contribution >= 4 is 54.8 Å². The minimum absolute atomic E-state index is 0. The molecule has 2 aromatic carbocycles. The van der Waals surface area contributed by atoms with Gasteiger partial charge in [-0.25, -0.2) is 17.8 Å². The van der Waals surface area contributed by atoms with E-state index in [1.54, 1.807) is 19.2 Å². The van der Waals surface area contributed by atoms with Gasteiger partial charge in [0, 0.05) is 13.1 Å². The minimum atomic E-state index is -3.98. The zero-order valence-electron chi connectivity index (χ0n) is 20.0. The van der Waals surface area contributed by atoms with E-state index in [0.29, 0.717) is 33.4 Å². The highest BCUT2D eigenvalue weighted by molar-refractivity contribution is 7.92. The lowest BCUT2D eigenvalue weighted by Gasteiger charge is -2.24. The second-order valence-electron chi connectivity index (χ2n) is 7.43. The van der Waals surface area contributed by atoms with Crippen LogP contribution < -0.4 is 14.4 Å². The lowest BCUT2D eigenvalue weighted by atomic mass is 10.3. The number of carbonyl (C=O) groups is 1. The molecule has 1 amide bonds. The highest BCUT2D eigenvalue weighted by Gasteiger charge is 2.28. The number of methoxy groups -OCH3 is 2. The van der Waals surface area contributed by atoms with E-state index >= 15 is 0 Å². The van der Waals surface area contributed by atoms with E-state index in [1.807, 2.05) is 13.8 Å². The second kappa shape index (κ2) is 12.5. The molecule has 0 fully saturated rings. The fourth-order valence-electron chi connectivity index (χ4n) is 3.46. The second-order valence-corrected chi connectivity index (χ2v) is 10.4. The van der Waals surface area contributed by atoms with Gasteiger partial charge in [0.1, 0.15) is 33.3 Å². The van der Waals surface area contributed by atoms with E-state index in [0.717, 1.165) is 37.4 Å². The molecule has 0 aliphatic heterocycles. The van der Waals surface area contributed by atoms with Crippen molar-refractivity contribution in [1.82, 2.24) is 9.88 Å². The molecule has 0 aliphatic carbocycles. The fourth-order valence-corrected chi connectivity index (χ4v) is 5.78. The van der Waals surface area contributed by atoms with Crippen LogP contribution in [0.5, 0.6) is 11.5 Å². The van der Waals surface area contributed by atoms with E-state index in [4.69, 9.17) is 9.47 Å². The van der Waals surface area contributed by atoms with Crippen LogP contribution in [0.2, 0.25) is 0 Å². The number of fused-ring (bicyclic) bond motifs is 1. The average molecular weight is 546 g/mol. The lowest BCUT2D eigenvalue weighted by Crippen LogP contribution is -2.41. The summed E-state index contributed by atoms with van der Waals surface area (Å²) in [5.41, 5.74) is 0.531. The molecule has 0 saturated carbocycles. The number of sulfone groups is 1. The lowest BCUT2D eigenvalue weighted by molar-refractivity contribution is -0.116. The summed E-state index contributed by atoms with van der Waals surface area (Å²) in [6.45, 7) is 6.40. The molecule has 0 N–H and O–H groups in total. The molecular weight excluding hydrogens is 517 g/mol. The van der Waals surface area contributed by atoms with Gasteiger partial charge < -0.3 is 14.4 Å². The summed E-state index contributed by atoms with van der Waals surface area (Å²) in [5, 5.41) is 0.351.